The summed E-state index contributed by atoms with van der Waals surface area (Å²) in [6.07, 6.45) is 1.01. The molecule has 3 rings (SSSR count). The SMILES string of the molecule is N#CCCc1c(-c2cccc(F)c2)oc2ccccc12. The highest BCUT2D eigenvalue weighted by Crippen LogP contribution is 2.34. The van der Waals surface area contributed by atoms with Crippen LogP contribution >= 0.6 is 0 Å². The fourth-order valence-electron chi connectivity index (χ4n) is 2.39. The first-order valence-corrected chi connectivity index (χ1v) is 6.43. The van der Waals surface area contributed by atoms with Crippen LogP contribution < -0.4 is 0 Å². The summed E-state index contributed by atoms with van der Waals surface area (Å²) < 4.78 is 19.3. The molecule has 3 heteroatoms. The smallest absolute Gasteiger partial charge is 0.138 e. The normalized spacial score (nSPS) is 10.6. The number of benzene rings is 2. The Hall–Kier alpha value is -2.60. The third-order valence-corrected chi connectivity index (χ3v) is 3.27. The van der Waals surface area contributed by atoms with E-state index in [2.05, 4.69) is 6.07 Å². The molecule has 0 saturated carbocycles. The molecule has 2 aromatic carbocycles. The summed E-state index contributed by atoms with van der Waals surface area (Å²) in [5.41, 5.74) is 2.43. The number of para-hydroxylation sites is 1. The van der Waals surface area contributed by atoms with E-state index in [1.54, 1.807) is 6.07 Å². The van der Waals surface area contributed by atoms with Crippen molar-refractivity contribution in [2.24, 2.45) is 0 Å². The van der Waals surface area contributed by atoms with E-state index in [-0.39, 0.29) is 5.82 Å². The zero-order valence-electron chi connectivity index (χ0n) is 10.8. The quantitative estimate of drug-likeness (QED) is 0.688. The zero-order valence-corrected chi connectivity index (χ0v) is 10.8. The van der Waals surface area contributed by atoms with Crippen molar-refractivity contribution in [3.63, 3.8) is 0 Å². The summed E-state index contributed by atoms with van der Waals surface area (Å²) in [6, 6.07) is 16.2. The Morgan fingerprint density at radius 1 is 1.10 bits per heavy atom. The zero-order chi connectivity index (χ0) is 13.9. The Kier molecular flexibility index (Phi) is 3.22. The number of aryl methyl sites for hydroxylation is 1. The lowest BCUT2D eigenvalue weighted by atomic mass is 10.0. The van der Waals surface area contributed by atoms with Gasteiger partial charge in [-0.25, -0.2) is 4.39 Å². The summed E-state index contributed by atoms with van der Waals surface area (Å²) in [4.78, 5) is 0. The van der Waals surface area contributed by atoms with Crippen LogP contribution in [-0.4, -0.2) is 0 Å². The van der Waals surface area contributed by atoms with Crippen LogP contribution in [0.5, 0.6) is 0 Å². The van der Waals surface area contributed by atoms with E-state index in [9.17, 15) is 4.39 Å². The van der Waals surface area contributed by atoms with Crippen LogP contribution in [0.4, 0.5) is 4.39 Å². The van der Waals surface area contributed by atoms with E-state index in [0.29, 0.717) is 24.2 Å². The summed E-state index contributed by atoms with van der Waals surface area (Å²) >= 11 is 0. The number of halogens is 1. The molecule has 0 spiro atoms. The molecule has 1 heterocycles. The molecule has 0 aliphatic carbocycles. The lowest BCUT2D eigenvalue weighted by molar-refractivity contribution is 0.615. The van der Waals surface area contributed by atoms with Gasteiger partial charge in [0.05, 0.1) is 6.07 Å². The molecular weight excluding hydrogens is 253 g/mol. The number of nitriles is 1. The summed E-state index contributed by atoms with van der Waals surface area (Å²) in [5, 5.41) is 9.79. The van der Waals surface area contributed by atoms with Crippen LogP contribution in [0.1, 0.15) is 12.0 Å². The molecule has 0 unspecified atom stereocenters. The molecular formula is C17H12FNO. The minimum atomic E-state index is -0.297. The summed E-state index contributed by atoms with van der Waals surface area (Å²) in [5.74, 6) is 0.357. The van der Waals surface area contributed by atoms with Crippen molar-refractivity contribution in [1.29, 1.82) is 5.26 Å². The second-order valence-corrected chi connectivity index (χ2v) is 4.57. The standard InChI is InChI=1S/C17H12FNO/c18-13-6-3-5-12(11-13)17-15(8-4-10-19)14-7-1-2-9-16(14)20-17/h1-3,5-7,9,11H,4,8H2. The van der Waals surface area contributed by atoms with E-state index >= 15 is 0 Å². The van der Waals surface area contributed by atoms with Crippen LogP contribution in [0.2, 0.25) is 0 Å². The summed E-state index contributed by atoms with van der Waals surface area (Å²) in [7, 11) is 0. The molecule has 0 radical (unpaired) electrons. The molecule has 0 saturated heterocycles. The maximum Gasteiger partial charge on any atom is 0.138 e. The number of hydrogen-bond acceptors (Lipinski definition) is 2. The van der Waals surface area contributed by atoms with Crippen molar-refractivity contribution in [1.82, 2.24) is 0 Å². The number of fused-ring (bicyclic) bond motifs is 1. The summed E-state index contributed by atoms with van der Waals surface area (Å²) in [6.45, 7) is 0. The molecule has 0 bridgehead atoms. The molecule has 0 aliphatic heterocycles. The Morgan fingerprint density at radius 2 is 1.95 bits per heavy atom. The average Bonchev–Trinajstić information content (AvgIpc) is 2.84. The van der Waals surface area contributed by atoms with E-state index in [4.69, 9.17) is 9.68 Å². The lowest BCUT2D eigenvalue weighted by Gasteiger charge is -2.01. The molecule has 20 heavy (non-hydrogen) atoms. The highest BCUT2D eigenvalue weighted by atomic mass is 19.1. The minimum absolute atomic E-state index is 0.297. The van der Waals surface area contributed by atoms with E-state index in [1.165, 1.54) is 12.1 Å². The first-order chi connectivity index (χ1) is 9.79. The number of rotatable bonds is 3. The highest BCUT2D eigenvalue weighted by molar-refractivity contribution is 5.87. The maximum atomic E-state index is 13.4. The Balaban J connectivity index is 2.21. The third-order valence-electron chi connectivity index (χ3n) is 3.27. The molecule has 0 amide bonds. The van der Waals surface area contributed by atoms with Crippen LogP contribution in [0.3, 0.4) is 0 Å². The van der Waals surface area contributed by atoms with Gasteiger partial charge in [0.15, 0.2) is 0 Å². The number of furan rings is 1. The van der Waals surface area contributed by atoms with E-state index < -0.39 is 0 Å². The predicted molar refractivity (Wildman–Crippen MR) is 75.5 cm³/mol. The van der Waals surface area contributed by atoms with Crippen molar-refractivity contribution in [2.75, 3.05) is 0 Å². The molecule has 1 aromatic heterocycles. The van der Waals surface area contributed by atoms with Gasteiger partial charge >= 0.3 is 0 Å². The van der Waals surface area contributed by atoms with Gasteiger partial charge in [0.1, 0.15) is 17.2 Å². The molecule has 0 aliphatic rings. The largest absolute Gasteiger partial charge is 0.456 e. The van der Waals surface area contributed by atoms with Crippen molar-refractivity contribution in [2.45, 2.75) is 12.8 Å². The van der Waals surface area contributed by atoms with Crippen molar-refractivity contribution in [3.8, 4) is 17.4 Å². The molecule has 0 N–H and O–H groups in total. The molecule has 0 fully saturated rings. The molecule has 0 atom stereocenters. The fraction of sp³-hybridized carbons (Fsp3) is 0.118. The van der Waals surface area contributed by atoms with Crippen LogP contribution in [0.15, 0.2) is 52.9 Å². The second-order valence-electron chi connectivity index (χ2n) is 4.57. The number of hydrogen-bond donors (Lipinski definition) is 0. The van der Waals surface area contributed by atoms with Gasteiger partial charge in [0, 0.05) is 22.9 Å². The van der Waals surface area contributed by atoms with Gasteiger partial charge in [0.2, 0.25) is 0 Å². The Labute approximate surface area is 116 Å². The van der Waals surface area contributed by atoms with Crippen LogP contribution in [-0.2, 0) is 6.42 Å². The minimum Gasteiger partial charge on any atom is -0.456 e. The first-order valence-electron chi connectivity index (χ1n) is 6.43. The molecule has 3 aromatic rings. The second kappa shape index (κ2) is 5.18. The average molecular weight is 265 g/mol. The van der Waals surface area contributed by atoms with E-state index in [0.717, 1.165) is 16.5 Å². The highest BCUT2D eigenvalue weighted by Gasteiger charge is 2.15. The number of nitrogens with zero attached hydrogens (tertiary/aromatic N) is 1. The van der Waals surface area contributed by atoms with Gasteiger partial charge in [-0.15, -0.1) is 0 Å². The van der Waals surface area contributed by atoms with Gasteiger partial charge < -0.3 is 4.42 Å². The van der Waals surface area contributed by atoms with Crippen molar-refractivity contribution in [3.05, 3.63) is 59.9 Å². The topological polar surface area (TPSA) is 36.9 Å². The monoisotopic (exact) mass is 265 g/mol. The Bertz CT molecular complexity index is 798. The fourth-order valence-corrected chi connectivity index (χ4v) is 2.39. The predicted octanol–water partition coefficient (Wildman–Crippen LogP) is 4.70. The Morgan fingerprint density at radius 3 is 2.75 bits per heavy atom. The van der Waals surface area contributed by atoms with E-state index in [1.807, 2.05) is 30.3 Å². The molecule has 2 nitrogen and oxygen atoms in total. The van der Waals surface area contributed by atoms with Crippen molar-refractivity contribution < 1.29 is 8.81 Å². The van der Waals surface area contributed by atoms with Gasteiger partial charge in [0.25, 0.3) is 0 Å². The maximum absolute atomic E-state index is 13.4. The molecule has 98 valence electrons. The van der Waals surface area contributed by atoms with Gasteiger partial charge in [-0.2, -0.15) is 5.26 Å². The van der Waals surface area contributed by atoms with Gasteiger partial charge in [-0.1, -0.05) is 30.3 Å². The van der Waals surface area contributed by atoms with Crippen LogP contribution in [0, 0.1) is 17.1 Å². The van der Waals surface area contributed by atoms with Gasteiger partial charge in [-0.3, -0.25) is 0 Å². The third kappa shape index (κ3) is 2.17. The van der Waals surface area contributed by atoms with Crippen LogP contribution in [0.25, 0.3) is 22.3 Å². The first kappa shape index (κ1) is 12.4. The van der Waals surface area contributed by atoms with Crippen molar-refractivity contribution >= 4 is 11.0 Å². The lowest BCUT2D eigenvalue weighted by Crippen LogP contribution is -1.87. The van der Waals surface area contributed by atoms with Gasteiger partial charge in [-0.05, 0) is 24.6 Å².